The minimum Gasteiger partial charge on any atom is -0.385 e. The Labute approximate surface area is 153 Å². The standard InChI is InChI=1S/C23H22N2O/c1-17(24-15-13-18-7-3-2-4-8-18)20-11-12-22-21-10-6-5-9-19(21)14-16-25(22)23(20)26/h2-12,24H,1,13-16H2. The number of fused-ring (bicyclic) bond motifs is 3. The van der Waals surface area contributed by atoms with Crippen LogP contribution in [0.4, 0.5) is 0 Å². The van der Waals surface area contributed by atoms with E-state index in [4.69, 9.17) is 0 Å². The van der Waals surface area contributed by atoms with E-state index in [-0.39, 0.29) is 5.56 Å². The van der Waals surface area contributed by atoms with E-state index in [0.29, 0.717) is 11.3 Å². The molecule has 2 aromatic carbocycles. The highest BCUT2D eigenvalue weighted by atomic mass is 16.1. The highest BCUT2D eigenvalue weighted by Gasteiger charge is 2.18. The second-order valence-electron chi connectivity index (χ2n) is 6.64. The molecule has 3 heteroatoms. The maximum atomic E-state index is 13.0. The summed E-state index contributed by atoms with van der Waals surface area (Å²) < 4.78 is 1.88. The van der Waals surface area contributed by atoms with Gasteiger partial charge in [-0.05, 0) is 36.1 Å². The first kappa shape index (κ1) is 16.4. The predicted molar refractivity (Wildman–Crippen MR) is 107 cm³/mol. The molecule has 0 aliphatic carbocycles. The average Bonchev–Trinajstić information content (AvgIpc) is 2.69. The first-order valence-corrected chi connectivity index (χ1v) is 9.03. The Kier molecular flexibility index (Phi) is 4.44. The molecule has 2 heterocycles. The Morgan fingerprint density at radius 2 is 1.77 bits per heavy atom. The molecular weight excluding hydrogens is 320 g/mol. The van der Waals surface area contributed by atoms with Crippen LogP contribution in [0.15, 0.2) is 78.1 Å². The van der Waals surface area contributed by atoms with Gasteiger partial charge in [-0.3, -0.25) is 4.79 Å². The number of hydrogen-bond acceptors (Lipinski definition) is 2. The zero-order valence-corrected chi connectivity index (χ0v) is 14.7. The minimum atomic E-state index is 0.0363. The Morgan fingerprint density at radius 3 is 2.62 bits per heavy atom. The molecule has 26 heavy (non-hydrogen) atoms. The van der Waals surface area contributed by atoms with Crippen LogP contribution < -0.4 is 10.9 Å². The van der Waals surface area contributed by atoms with Gasteiger partial charge in [-0.1, -0.05) is 61.2 Å². The van der Waals surface area contributed by atoms with E-state index in [1.54, 1.807) is 0 Å². The monoisotopic (exact) mass is 342 g/mol. The first-order valence-electron chi connectivity index (χ1n) is 9.03. The van der Waals surface area contributed by atoms with E-state index in [9.17, 15) is 4.79 Å². The lowest BCUT2D eigenvalue weighted by molar-refractivity contribution is 0.656. The summed E-state index contributed by atoms with van der Waals surface area (Å²) in [5.74, 6) is 0. The number of nitrogens with one attached hydrogen (secondary N) is 1. The molecule has 1 N–H and O–H groups in total. The van der Waals surface area contributed by atoms with Gasteiger partial charge in [-0.15, -0.1) is 0 Å². The maximum absolute atomic E-state index is 13.0. The Hall–Kier alpha value is -3.07. The van der Waals surface area contributed by atoms with Crippen LogP contribution in [0.3, 0.4) is 0 Å². The lowest BCUT2D eigenvalue weighted by Gasteiger charge is -2.22. The van der Waals surface area contributed by atoms with Crippen LogP contribution in [0.5, 0.6) is 0 Å². The third-order valence-corrected chi connectivity index (χ3v) is 4.99. The molecule has 0 saturated carbocycles. The van der Waals surface area contributed by atoms with Crippen molar-refractivity contribution in [1.82, 2.24) is 9.88 Å². The largest absolute Gasteiger partial charge is 0.385 e. The molecule has 1 aliphatic rings. The predicted octanol–water partition coefficient (Wildman–Crippen LogP) is 3.87. The second-order valence-corrected chi connectivity index (χ2v) is 6.64. The Morgan fingerprint density at radius 1 is 1.00 bits per heavy atom. The normalized spacial score (nSPS) is 12.2. The summed E-state index contributed by atoms with van der Waals surface area (Å²) >= 11 is 0. The van der Waals surface area contributed by atoms with Gasteiger partial charge in [0.2, 0.25) is 0 Å². The van der Waals surface area contributed by atoms with Crippen LogP contribution in [-0.2, 0) is 19.4 Å². The van der Waals surface area contributed by atoms with Gasteiger partial charge in [0.05, 0.1) is 11.3 Å². The molecule has 0 saturated heterocycles. The van der Waals surface area contributed by atoms with Crippen LogP contribution in [0.25, 0.3) is 17.0 Å². The zero-order chi connectivity index (χ0) is 17.9. The van der Waals surface area contributed by atoms with Crippen molar-refractivity contribution in [2.75, 3.05) is 6.54 Å². The van der Waals surface area contributed by atoms with E-state index in [1.807, 2.05) is 41.0 Å². The van der Waals surface area contributed by atoms with E-state index >= 15 is 0 Å². The van der Waals surface area contributed by atoms with Gasteiger partial charge >= 0.3 is 0 Å². The van der Waals surface area contributed by atoms with Crippen molar-refractivity contribution in [3.8, 4) is 11.3 Å². The van der Waals surface area contributed by atoms with Crippen LogP contribution in [0, 0.1) is 0 Å². The van der Waals surface area contributed by atoms with E-state index < -0.39 is 0 Å². The van der Waals surface area contributed by atoms with Crippen molar-refractivity contribution in [3.63, 3.8) is 0 Å². The number of rotatable bonds is 5. The molecular formula is C23H22N2O. The van der Waals surface area contributed by atoms with Crippen molar-refractivity contribution >= 4 is 5.70 Å². The summed E-state index contributed by atoms with van der Waals surface area (Å²) in [4.78, 5) is 13.0. The van der Waals surface area contributed by atoms with Gasteiger partial charge in [-0.2, -0.15) is 0 Å². The molecule has 1 aromatic heterocycles. The number of aromatic nitrogens is 1. The number of hydrogen-bond donors (Lipinski definition) is 1. The fourth-order valence-electron chi connectivity index (χ4n) is 3.58. The molecule has 0 radical (unpaired) electrons. The zero-order valence-electron chi connectivity index (χ0n) is 14.7. The second kappa shape index (κ2) is 7.04. The lowest BCUT2D eigenvalue weighted by atomic mass is 9.97. The van der Waals surface area contributed by atoms with Gasteiger partial charge in [0.25, 0.3) is 5.56 Å². The highest BCUT2D eigenvalue weighted by Crippen LogP contribution is 2.28. The maximum Gasteiger partial charge on any atom is 0.260 e. The fourth-order valence-corrected chi connectivity index (χ4v) is 3.58. The number of pyridine rings is 1. The molecule has 0 fully saturated rings. The quantitative estimate of drug-likeness (QED) is 0.764. The van der Waals surface area contributed by atoms with Crippen molar-refractivity contribution in [3.05, 3.63) is 100 Å². The third kappa shape index (κ3) is 3.08. The van der Waals surface area contributed by atoms with Crippen molar-refractivity contribution < 1.29 is 0 Å². The van der Waals surface area contributed by atoms with E-state index in [1.165, 1.54) is 11.1 Å². The number of benzene rings is 2. The lowest BCUT2D eigenvalue weighted by Crippen LogP contribution is -2.30. The summed E-state index contributed by atoms with van der Waals surface area (Å²) in [6, 6.07) is 22.6. The van der Waals surface area contributed by atoms with Gasteiger partial charge in [0, 0.05) is 24.4 Å². The third-order valence-electron chi connectivity index (χ3n) is 4.99. The van der Waals surface area contributed by atoms with Crippen LogP contribution in [-0.4, -0.2) is 11.1 Å². The molecule has 1 aliphatic heterocycles. The van der Waals surface area contributed by atoms with Gasteiger partial charge in [-0.25, -0.2) is 0 Å². The summed E-state index contributed by atoms with van der Waals surface area (Å²) in [6.45, 7) is 5.56. The van der Waals surface area contributed by atoms with Crippen molar-refractivity contribution in [1.29, 1.82) is 0 Å². The topological polar surface area (TPSA) is 34.0 Å². The average molecular weight is 342 g/mol. The van der Waals surface area contributed by atoms with Gasteiger partial charge < -0.3 is 9.88 Å². The summed E-state index contributed by atoms with van der Waals surface area (Å²) in [7, 11) is 0. The van der Waals surface area contributed by atoms with Gasteiger partial charge in [0.1, 0.15) is 0 Å². The van der Waals surface area contributed by atoms with Crippen LogP contribution in [0.2, 0.25) is 0 Å². The highest BCUT2D eigenvalue weighted by molar-refractivity contribution is 5.69. The first-order chi connectivity index (χ1) is 12.7. The van der Waals surface area contributed by atoms with Crippen LogP contribution >= 0.6 is 0 Å². The molecule has 0 amide bonds. The van der Waals surface area contributed by atoms with Crippen molar-refractivity contribution in [2.45, 2.75) is 19.4 Å². The smallest absolute Gasteiger partial charge is 0.260 e. The fraction of sp³-hybridized carbons (Fsp3) is 0.174. The Balaban J connectivity index is 1.53. The Bertz CT molecular complexity index is 1000. The molecule has 0 atom stereocenters. The minimum absolute atomic E-state index is 0.0363. The van der Waals surface area contributed by atoms with Gasteiger partial charge in [0.15, 0.2) is 0 Å². The van der Waals surface area contributed by atoms with E-state index in [2.05, 4.69) is 42.2 Å². The number of aryl methyl sites for hydroxylation is 1. The molecule has 130 valence electrons. The summed E-state index contributed by atoms with van der Waals surface area (Å²) in [5, 5.41) is 3.31. The SMILES string of the molecule is C=C(NCCc1ccccc1)c1ccc2n(c1=O)CCc1ccccc1-2. The van der Waals surface area contributed by atoms with Crippen molar-refractivity contribution in [2.24, 2.45) is 0 Å². The molecule has 0 bridgehead atoms. The van der Waals surface area contributed by atoms with Crippen LogP contribution in [0.1, 0.15) is 16.7 Å². The summed E-state index contributed by atoms with van der Waals surface area (Å²) in [6.07, 6.45) is 1.79. The number of nitrogens with zero attached hydrogens (tertiary/aromatic N) is 1. The molecule has 4 rings (SSSR count). The summed E-state index contributed by atoms with van der Waals surface area (Å²) in [5.41, 5.74) is 6.12. The molecule has 0 spiro atoms. The molecule has 3 aromatic rings. The molecule has 0 unspecified atom stereocenters. The molecule has 3 nitrogen and oxygen atoms in total. The van der Waals surface area contributed by atoms with E-state index in [0.717, 1.165) is 37.2 Å².